The molecule has 4 aromatic rings. The first-order valence-corrected chi connectivity index (χ1v) is 7.65. The molecule has 0 aliphatic rings. The number of H-pyrrole nitrogens is 1. The van der Waals surface area contributed by atoms with E-state index in [-0.39, 0.29) is 11.2 Å². The molecule has 2 N–H and O–H groups in total. The van der Waals surface area contributed by atoms with Gasteiger partial charge >= 0.3 is 0 Å². The topological polar surface area (TPSA) is 88.0 Å². The minimum Gasteiger partial charge on any atom is -0.451 e. The molecule has 0 aliphatic heterocycles. The van der Waals surface area contributed by atoms with Crippen LogP contribution < -0.4 is 10.7 Å². The molecule has 2 heterocycles. The van der Waals surface area contributed by atoms with Crippen LogP contribution in [0.5, 0.6) is 0 Å². The van der Waals surface area contributed by atoms with E-state index in [1.807, 2.05) is 18.2 Å². The lowest BCUT2D eigenvalue weighted by Gasteiger charge is -2.06. The normalized spacial score (nSPS) is 10.7. The Morgan fingerprint density at radius 3 is 2.60 bits per heavy atom. The number of fused-ring (bicyclic) bond motifs is 1. The number of para-hydroxylation sites is 1. The summed E-state index contributed by atoms with van der Waals surface area (Å²) in [7, 11) is 0. The molecule has 25 heavy (non-hydrogen) atoms. The van der Waals surface area contributed by atoms with E-state index in [9.17, 15) is 9.59 Å². The standard InChI is InChI=1S/C19H13N3O3/c23-16-11-18(25-17-4-2-1-3-14(16)17)19(24)21-13-7-5-12(6-8-13)15-9-10-20-22-15/h1-11H,(H,20,22)(H,21,24). The first kappa shape index (κ1) is 14.9. The monoisotopic (exact) mass is 331 g/mol. The van der Waals surface area contributed by atoms with Crippen molar-refractivity contribution in [2.24, 2.45) is 0 Å². The zero-order valence-electron chi connectivity index (χ0n) is 13.0. The molecule has 0 saturated carbocycles. The van der Waals surface area contributed by atoms with E-state index in [2.05, 4.69) is 15.5 Å². The lowest BCUT2D eigenvalue weighted by molar-refractivity contribution is 0.0997. The molecule has 2 aromatic carbocycles. The van der Waals surface area contributed by atoms with Gasteiger partial charge in [0.15, 0.2) is 11.2 Å². The van der Waals surface area contributed by atoms with Crippen LogP contribution in [-0.2, 0) is 0 Å². The fraction of sp³-hybridized carbons (Fsp3) is 0. The van der Waals surface area contributed by atoms with Crippen molar-refractivity contribution < 1.29 is 9.21 Å². The Hall–Kier alpha value is -3.67. The summed E-state index contributed by atoms with van der Waals surface area (Å²) in [5.74, 6) is -0.501. The molecule has 0 bridgehead atoms. The van der Waals surface area contributed by atoms with Gasteiger partial charge in [0.2, 0.25) is 0 Å². The predicted molar refractivity (Wildman–Crippen MR) is 94.5 cm³/mol. The smallest absolute Gasteiger partial charge is 0.291 e. The molecule has 4 rings (SSSR count). The third kappa shape index (κ3) is 2.92. The highest BCUT2D eigenvalue weighted by molar-refractivity contribution is 6.03. The average Bonchev–Trinajstić information content (AvgIpc) is 3.17. The molecule has 6 nitrogen and oxygen atoms in total. The molecule has 0 spiro atoms. The second-order valence-electron chi connectivity index (χ2n) is 5.47. The van der Waals surface area contributed by atoms with Crippen LogP contribution in [0.2, 0.25) is 0 Å². The largest absolute Gasteiger partial charge is 0.451 e. The zero-order valence-corrected chi connectivity index (χ0v) is 13.0. The summed E-state index contributed by atoms with van der Waals surface area (Å²) in [5.41, 5.74) is 2.58. The van der Waals surface area contributed by atoms with Crippen LogP contribution in [0.4, 0.5) is 5.69 Å². The van der Waals surface area contributed by atoms with E-state index >= 15 is 0 Å². The molecule has 0 fully saturated rings. The number of rotatable bonds is 3. The van der Waals surface area contributed by atoms with Crippen LogP contribution in [0.15, 0.2) is 76.1 Å². The van der Waals surface area contributed by atoms with Crippen molar-refractivity contribution in [2.75, 3.05) is 5.32 Å². The summed E-state index contributed by atoms with van der Waals surface area (Å²) >= 11 is 0. The summed E-state index contributed by atoms with van der Waals surface area (Å²) < 4.78 is 5.53. The van der Waals surface area contributed by atoms with E-state index in [4.69, 9.17) is 4.42 Å². The Balaban J connectivity index is 1.59. The van der Waals surface area contributed by atoms with Crippen molar-refractivity contribution in [2.45, 2.75) is 0 Å². The van der Waals surface area contributed by atoms with Gasteiger partial charge in [0, 0.05) is 18.0 Å². The van der Waals surface area contributed by atoms with Gasteiger partial charge in [-0.05, 0) is 35.9 Å². The third-order valence-electron chi connectivity index (χ3n) is 3.81. The number of nitrogens with one attached hydrogen (secondary N) is 2. The molecule has 0 radical (unpaired) electrons. The number of anilines is 1. The Morgan fingerprint density at radius 1 is 1.04 bits per heavy atom. The van der Waals surface area contributed by atoms with E-state index < -0.39 is 5.91 Å². The third-order valence-corrected chi connectivity index (χ3v) is 3.81. The molecule has 0 saturated heterocycles. The van der Waals surface area contributed by atoms with Gasteiger partial charge in [-0.2, -0.15) is 5.10 Å². The van der Waals surface area contributed by atoms with Gasteiger partial charge in [-0.1, -0.05) is 24.3 Å². The first-order valence-electron chi connectivity index (χ1n) is 7.65. The van der Waals surface area contributed by atoms with Crippen LogP contribution in [-0.4, -0.2) is 16.1 Å². The fourth-order valence-corrected chi connectivity index (χ4v) is 2.56. The first-order chi connectivity index (χ1) is 12.2. The van der Waals surface area contributed by atoms with Gasteiger partial charge < -0.3 is 9.73 Å². The van der Waals surface area contributed by atoms with Crippen LogP contribution >= 0.6 is 0 Å². The Kier molecular flexibility index (Phi) is 3.63. The van der Waals surface area contributed by atoms with Gasteiger partial charge in [-0.3, -0.25) is 14.7 Å². The molecular weight excluding hydrogens is 318 g/mol. The molecule has 6 heteroatoms. The molecule has 2 aromatic heterocycles. The number of hydrogen-bond donors (Lipinski definition) is 2. The number of hydrogen-bond acceptors (Lipinski definition) is 4. The minimum absolute atomic E-state index is 0.0265. The van der Waals surface area contributed by atoms with Gasteiger partial charge in [-0.15, -0.1) is 0 Å². The second-order valence-corrected chi connectivity index (χ2v) is 5.47. The second kappa shape index (κ2) is 6.09. The Morgan fingerprint density at radius 2 is 1.84 bits per heavy atom. The fourth-order valence-electron chi connectivity index (χ4n) is 2.56. The lowest BCUT2D eigenvalue weighted by atomic mass is 10.1. The van der Waals surface area contributed by atoms with E-state index in [1.54, 1.807) is 42.6 Å². The van der Waals surface area contributed by atoms with Crippen LogP contribution in [0.3, 0.4) is 0 Å². The van der Waals surface area contributed by atoms with Crippen LogP contribution in [0.1, 0.15) is 10.6 Å². The maximum Gasteiger partial charge on any atom is 0.291 e. The predicted octanol–water partition coefficient (Wildman–Crippen LogP) is 3.44. The number of aromatic nitrogens is 2. The summed E-state index contributed by atoms with van der Waals surface area (Å²) in [5, 5.41) is 9.95. The van der Waals surface area contributed by atoms with Crippen LogP contribution in [0, 0.1) is 0 Å². The van der Waals surface area contributed by atoms with Gasteiger partial charge in [0.25, 0.3) is 5.91 Å². The molecule has 0 unspecified atom stereocenters. The molecule has 1 amide bonds. The Labute approximate surface area is 142 Å². The van der Waals surface area contributed by atoms with Gasteiger partial charge in [-0.25, -0.2) is 0 Å². The maximum absolute atomic E-state index is 12.4. The number of benzene rings is 2. The molecule has 0 aliphatic carbocycles. The quantitative estimate of drug-likeness (QED) is 0.602. The summed E-state index contributed by atoms with van der Waals surface area (Å²) in [6.07, 6.45) is 1.67. The molecule has 122 valence electrons. The Bertz CT molecular complexity index is 1100. The van der Waals surface area contributed by atoms with Crippen molar-refractivity contribution in [3.05, 3.63) is 82.8 Å². The number of carbonyl (C=O) groups excluding carboxylic acids is 1. The summed E-state index contributed by atoms with van der Waals surface area (Å²) in [4.78, 5) is 24.4. The molecule has 0 atom stereocenters. The zero-order chi connectivity index (χ0) is 17.2. The van der Waals surface area contributed by atoms with Crippen molar-refractivity contribution in [3.63, 3.8) is 0 Å². The lowest BCUT2D eigenvalue weighted by Crippen LogP contribution is -2.14. The van der Waals surface area contributed by atoms with Crippen molar-refractivity contribution in [1.82, 2.24) is 10.2 Å². The number of amides is 1. The number of nitrogens with zero attached hydrogens (tertiary/aromatic N) is 1. The van der Waals surface area contributed by atoms with Crippen LogP contribution in [0.25, 0.3) is 22.2 Å². The number of aromatic amines is 1. The maximum atomic E-state index is 12.4. The van der Waals surface area contributed by atoms with Gasteiger partial charge in [0.05, 0.1) is 11.1 Å². The van der Waals surface area contributed by atoms with Crippen molar-refractivity contribution in [1.29, 1.82) is 0 Å². The highest BCUT2D eigenvalue weighted by atomic mass is 16.3. The highest BCUT2D eigenvalue weighted by Crippen LogP contribution is 2.19. The average molecular weight is 331 g/mol. The SMILES string of the molecule is O=C(Nc1ccc(-c2ccn[nH]2)cc1)c1cc(=O)c2ccccc2o1. The van der Waals surface area contributed by atoms with Gasteiger partial charge in [0.1, 0.15) is 5.58 Å². The van der Waals surface area contributed by atoms with E-state index in [0.29, 0.717) is 16.7 Å². The van der Waals surface area contributed by atoms with E-state index in [0.717, 1.165) is 11.3 Å². The molecular formula is C19H13N3O3. The summed E-state index contributed by atoms with van der Waals surface area (Å²) in [6.45, 7) is 0. The highest BCUT2D eigenvalue weighted by Gasteiger charge is 2.12. The van der Waals surface area contributed by atoms with E-state index in [1.165, 1.54) is 6.07 Å². The summed E-state index contributed by atoms with van der Waals surface area (Å²) in [6, 6.07) is 17.2. The van der Waals surface area contributed by atoms with Crippen molar-refractivity contribution in [3.8, 4) is 11.3 Å². The number of carbonyl (C=O) groups is 1. The van der Waals surface area contributed by atoms with Crippen molar-refractivity contribution >= 4 is 22.6 Å². The minimum atomic E-state index is -0.475.